The van der Waals surface area contributed by atoms with Crippen molar-refractivity contribution < 1.29 is 14.7 Å². The predicted molar refractivity (Wildman–Crippen MR) is 72.7 cm³/mol. The van der Waals surface area contributed by atoms with Crippen molar-refractivity contribution in [2.75, 3.05) is 13.1 Å². The van der Waals surface area contributed by atoms with E-state index in [0.29, 0.717) is 6.54 Å². The van der Waals surface area contributed by atoms with Crippen molar-refractivity contribution in [1.29, 1.82) is 0 Å². The Labute approximate surface area is 114 Å². The van der Waals surface area contributed by atoms with Gasteiger partial charge in [0.2, 0.25) is 0 Å². The molecule has 0 unspecified atom stereocenters. The van der Waals surface area contributed by atoms with Crippen molar-refractivity contribution in [2.24, 2.45) is 0 Å². The molecule has 1 rings (SSSR count). The molecule has 0 radical (unpaired) electrons. The molecule has 0 aromatic rings. The largest absolute Gasteiger partial charge is 0.481 e. The summed E-state index contributed by atoms with van der Waals surface area (Å²) in [5, 5.41) is 12.0. The van der Waals surface area contributed by atoms with Gasteiger partial charge in [-0.2, -0.15) is 0 Å². The first-order valence-corrected chi connectivity index (χ1v) is 6.75. The molecule has 1 fully saturated rings. The second kappa shape index (κ2) is 7.03. The van der Waals surface area contributed by atoms with E-state index in [2.05, 4.69) is 11.2 Å². The van der Waals surface area contributed by atoms with Gasteiger partial charge in [-0.15, -0.1) is 6.42 Å². The summed E-state index contributed by atoms with van der Waals surface area (Å²) in [4.78, 5) is 24.7. The minimum absolute atomic E-state index is 0.0215. The number of terminal acetylenes is 1. The van der Waals surface area contributed by atoms with Crippen LogP contribution in [-0.4, -0.2) is 40.6 Å². The second-order valence-corrected chi connectivity index (χ2v) is 5.06. The zero-order valence-corrected chi connectivity index (χ0v) is 11.4. The molecule has 1 aliphatic rings. The number of carbonyl (C=O) groups is 2. The van der Waals surface area contributed by atoms with Crippen LogP contribution in [0.4, 0.5) is 4.79 Å². The average molecular weight is 266 g/mol. The number of aliphatic carboxylic acids is 1. The van der Waals surface area contributed by atoms with E-state index < -0.39 is 11.5 Å². The van der Waals surface area contributed by atoms with Crippen molar-refractivity contribution in [3.05, 3.63) is 0 Å². The van der Waals surface area contributed by atoms with E-state index >= 15 is 0 Å². The number of rotatable bonds is 5. The van der Waals surface area contributed by atoms with Crippen molar-refractivity contribution in [3.63, 3.8) is 0 Å². The second-order valence-electron chi connectivity index (χ2n) is 5.06. The molecule has 19 heavy (non-hydrogen) atoms. The maximum absolute atomic E-state index is 12.1. The van der Waals surface area contributed by atoms with Gasteiger partial charge in [0.1, 0.15) is 0 Å². The number of hydrogen-bond acceptors (Lipinski definition) is 2. The van der Waals surface area contributed by atoms with Crippen LogP contribution in [0.1, 0.15) is 45.4 Å². The molecule has 0 heterocycles. The molecule has 0 aromatic carbocycles. The van der Waals surface area contributed by atoms with Gasteiger partial charge in [-0.3, -0.25) is 4.79 Å². The fraction of sp³-hybridized carbons (Fsp3) is 0.714. The van der Waals surface area contributed by atoms with E-state index in [1.54, 1.807) is 0 Å². The highest BCUT2D eigenvalue weighted by atomic mass is 16.4. The van der Waals surface area contributed by atoms with E-state index in [1.807, 2.05) is 6.92 Å². The first-order chi connectivity index (χ1) is 9.03. The molecular formula is C14H22N2O3. The highest BCUT2D eigenvalue weighted by Gasteiger charge is 2.36. The monoisotopic (exact) mass is 266 g/mol. The maximum atomic E-state index is 12.1. The number of carboxylic acid groups (broad SMARTS) is 1. The first-order valence-electron chi connectivity index (χ1n) is 6.75. The van der Waals surface area contributed by atoms with Gasteiger partial charge >= 0.3 is 12.0 Å². The smallest absolute Gasteiger partial charge is 0.318 e. The Bertz CT molecular complexity index is 367. The fourth-order valence-electron chi connectivity index (χ4n) is 2.61. The summed E-state index contributed by atoms with van der Waals surface area (Å²) < 4.78 is 0. The Morgan fingerprint density at radius 2 is 2.00 bits per heavy atom. The summed E-state index contributed by atoms with van der Waals surface area (Å²) in [7, 11) is 0. The Morgan fingerprint density at radius 1 is 1.37 bits per heavy atom. The molecule has 5 nitrogen and oxygen atoms in total. The third kappa shape index (κ3) is 4.47. The van der Waals surface area contributed by atoms with Crippen LogP contribution in [0.15, 0.2) is 0 Å². The molecule has 1 aliphatic carbocycles. The van der Waals surface area contributed by atoms with Gasteiger partial charge in [-0.25, -0.2) is 4.79 Å². The number of nitrogens with zero attached hydrogens (tertiary/aromatic N) is 1. The van der Waals surface area contributed by atoms with E-state index in [1.165, 1.54) is 4.90 Å². The van der Waals surface area contributed by atoms with Crippen LogP contribution in [0.3, 0.4) is 0 Å². The Kier molecular flexibility index (Phi) is 5.68. The van der Waals surface area contributed by atoms with Gasteiger partial charge in [0.25, 0.3) is 0 Å². The number of carbonyl (C=O) groups excluding carboxylic acids is 1. The third-order valence-corrected chi connectivity index (χ3v) is 3.62. The SMILES string of the molecule is C#CCN(CC)C(=O)NC1(CC(=O)O)CCCCC1. The van der Waals surface area contributed by atoms with Crippen LogP contribution in [0.2, 0.25) is 0 Å². The zero-order chi connectivity index (χ0) is 14.3. The summed E-state index contributed by atoms with van der Waals surface area (Å²) in [5.74, 6) is 1.57. The van der Waals surface area contributed by atoms with Crippen molar-refractivity contribution in [1.82, 2.24) is 10.2 Å². The Hall–Kier alpha value is -1.70. The molecule has 5 heteroatoms. The van der Waals surface area contributed by atoms with Crippen LogP contribution >= 0.6 is 0 Å². The molecule has 0 bridgehead atoms. The summed E-state index contributed by atoms with van der Waals surface area (Å²) >= 11 is 0. The highest BCUT2D eigenvalue weighted by molar-refractivity contribution is 5.77. The fourth-order valence-corrected chi connectivity index (χ4v) is 2.61. The average Bonchev–Trinajstić information content (AvgIpc) is 2.35. The van der Waals surface area contributed by atoms with Gasteiger partial charge in [0.15, 0.2) is 0 Å². The predicted octanol–water partition coefficient (Wildman–Crippen LogP) is 1.83. The molecule has 0 aliphatic heterocycles. The van der Waals surface area contributed by atoms with Gasteiger partial charge in [0, 0.05) is 6.54 Å². The molecule has 1 saturated carbocycles. The molecule has 2 N–H and O–H groups in total. The van der Waals surface area contributed by atoms with Gasteiger partial charge in [-0.05, 0) is 19.8 Å². The number of carboxylic acids is 1. The molecule has 0 atom stereocenters. The molecule has 2 amide bonds. The van der Waals surface area contributed by atoms with E-state index in [4.69, 9.17) is 11.5 Å². The Balaban J connectivity index is 2.74. The van der Waals surface area contributed by atoms with Crippen molar-refractivity contribution in [3.8, 4) is 12.3 Å². The van der Waals surface area contributed by atoms with Gasteiger partial charge < -0.3 is 15.3 Å². The zero-order valence-electron chi connectivity index (χ0n) is 11.4. The minimum atomic E-state index is -0.873. The Morgan fingerprint density at radius 3 is 2.47 bits per heavy atom. The van der Waals surface area contributed by atoms with E-state index in [-0.39, 0.29) is 19.0 Å². The van der Waals surface area contributed by atoms with Gasteiger partial charge in [0.05, 0.1) is 18.5 Å². The molecule has 0 aromatic heterocycles. The molecule has 106 valence electrons. The van der Waals surface area contributed by atoms with Crippen LogP contribution in [0, 0.1) is 12.3 Å². The van der Waals surface area contributed by atoms with Gasteiger partial charge in [-0.1, -0.05) is 25.2 Å². The lowest BCUT2D eigenvalue weighted by Crippen LogP contribution is -2.55. The highest BCUT2D eigenvalue weighted by Crippen LogP contribution is 2.31. The van der Waals surface area contributed by atoms with E-state index in [9.17, 15) is 9.59 Å². The van der Waals surface area contributed by atoms with E-state index in [0.717, 1.165) is 32.1 Å². The lowest BCUT2D eigenvalue weighted by Gasteiger charge is -2.38. The topological polar surface area (TPSA) is 69.6 Å². The number of hydrogen-bond donors (Lipinski definition) is 2. The summed E-state index contributed by atoms with van der Waals surface area (Å²) in [5.41, 5.74) is -0.608. The van der Waals surface area contributed by atoms with Crippen molar-refractivity contribution >= 4 is 12.0 Å². The number of urea groups is 1. The van der Waals surface area contributed by atoms with Crippen molar-refractivity contribution in [2.45, 2.75) is 51.0 Å². The summed E-state index contributed by atoms with van der Waals surface area (Å²) in [6.45, 7) is 2.60. The molecule has 0 spiro atoms. The number of nitrogens with one attached hydrogen (secondary N) is 1. The quantitative estimate of drug-likeness (QED) is 0.746. The van der Waals surface area contributed by atoms with Crippen LogP contribution < -0.4 is 5.32 Å². The lowest BCUT2D eigenvalue weighted by atomic mass is 9.79. The summed E-state index contributed by atoms with van der Waals surface area (Å²) in [6.07, 6.45) is 9.65. The third-order valence-electron chi connectivity index (χ3n) is 3.62. The summed E-state index contributed by atoms with van der Waals surface area (Å²) in [6, 6.07) is -0.261. The van der Waals surface area contributed by atoms with Crippen LogP contribution in [0.5, 0.6) is 0 Å². The maximum Gasteiger partial charge on any atom is 0.318 e. The normalized spacial score (nSPS) is 17.3. The lowest BCUT2D eigenvalue weighted by molar-refractivity contribution is -0.139. The molecule has 0 saturated heterocycles. The molecular weight excluding hydrogens is 244 g/mol. The standard InChI is InChI=1S/C14H22N2O3/c1-3-10-16(4-2)13(19)15-14(11-12(17)18)8-6-5-7-9-14/h1H,4-11H2,2H3,(H,15,19)(H,17,18). The van der Waals surface area contributed by atoms with Crippen LogP contribution in [0.25, 0.3) is 0 Å². The minimum Gasteiger partial charge on any atom is -0.481 e. The first kappa shape index (κ1) is 15.4. The number of amides is 2. The van der Waals surface area contributed by atoms with Crippen LogP contribution in [-0.2, 0) is 4.79 Å².